The summed E-state index contributed by atoms with van der Waals surface area (Å²) >= 11 is 0. The lowest BCUT2D eigenvalue weighted by atomic mass is 9.79. The number of hydrogen-bond donors (Lipinski definition) is 1. The Morgan fingerprint density at radius 2 is 1.52 bits per heavy atom. The SMILES string of the molecule is CCC(C)(CC)C(=O)OCCOC(=O)C1CCCCC1C(=O)O. The summed E-state index contributed by atoms with van der Waals surface area (Å²) in [6.07, 6.45) is 4.08. The van der Waals surface area contributed by atoms with Crippen molar-refractivity contribution in [2.45, 2.75) is 59.3 Å². The molecule has 0 aromatic carbocycles. The van der Waals surface area contributed by atoms with E-state index in [4.69, 9.17) is 14.6 Å². The van der Waals surface area contributed by atoms with E-state index < -0.39 is 29.2 Å². The maximum Gasteiger partial charge on any atom is 0.311 e. The Morgan fingerprint density at radius 3 is 2.04 bits per heavy atom. The lowest BCUT2D eigenvalue weighted by molar-refractivity contribution is -0.165. The van der Waals surface area contributed by atoms with Crippen LogP contribution < -0.4 is 0 Å². The lowest BCUT2D eigenvalue weighted by Crippen LogP contribution is -2.34. The van der Waals surface area contributed by atoms with Crippen LogP contribution in [0, 0.1) is 17.3 Å². The molecule has 1 fully saturated rings. The number of carbonyl (C=O) groups is 3. The molecule has 6 heteroatoms. The van der Waals surface area contributed by atoms with Crippen LogP contribution in [0.15, 0.2) is 0 Å². The average Bonchev–Trinajstić information content (AvgIpc) is 2.57. The topological polar surface area (TPSA) is 89.9 Å². The first-order valence-electron chi connectivity index (χ1n) is 8.42. The number of ether oxygens (including phenoxy) is 2. The third kappa shape index (κ3) is 5.22. The summed E-state index contributed by atoms with van der Waals surface area (Å²) in [5.41, 5.74) is -0.512. The van der Waals surface area contributed by atoms with Gasteiger partial charge in [0, 0.05) is 0 Å². The van der Waals surface area contributed by atoms with Crippen LogP contribution in [0.25, 0.3) is 0 Å². The van der Waals surface area contributed by atoms with Gasteiger partial charge < -0.3 is 14.6 Å². The second-order valence-corrected chi connectivity index (χ2v) is 6.41. The monoisotopic (exact) mass is 328 g/mol. The van der Waals surface area contributed by atoms with E-state index in [1.54, 1.807) is 0 Å². The number of carboxylic acids is 1. The molecule has 0 spiro atoms. The van der Waals surface area contributed by atoms with Gasteiger partial charge in [-0.05, 0) is 32.6 Å². The molecule has 0 bridgehead atoms. The summed E-state index contributed by atoms with van der Waals surface area (Å²) < 4.78 is 10.3. The van der Waals surface area contributed by atoms with Crippen LogP contribution in [0.4, 0.5) is 0 Å². The first-order chi connectivity index (χ1) is 10.9. The molecule has 1 aliphatic rings. The van der Waals surface area contributed by atoms with Crippen molar-refractivity contribution < 1.29 is 29.0 Å². The number of carbonyl (C=O) groups excluding carboxylic acids is 2. The second kappa shape index (κ2) is 8.89. The van der Waals surface area contributed by atoms with Crippen molar-refractivity contribution in [2.24, 2.45) is 17.3 Å². The quantitative estimate of drug-likeness (QED) is 0.544. The highest BCUT2D eigenvalue weighted by molar-refractivity contribution is 5.81. The van der Waals surface area contributed by atoms with E-state index in [1.165, 1.54) is 0 Å². The van der Waals surface area contributed by atoms with Crippen molar-refractivity contribution in [3.63, 3.8) is 0 Å². The molecule has 2 atom stereocenters. The summed E-state index contributed by atoms with van der Waals surface area (Å²) in [4.78, 5) is 35.2. The Labute approximate surface area is 137 Å². The summed E-state index contributed by atoms with van der Waals surface area (Å²) in [5.74, 6) is -2.99. The van der Waals surface area contributed by atoms with Gasteiger partial charge in [-0.15, -0.1) is 0 Å². The van der Waals surface area contributed by atoms with Crippen molar-refractivity contribution in [1.29, 1.82) is 0 Å². The number of esters is 2. The van der Waals surface area contributed by atoms with Crippen LogP contribution in [0.5, 0.6) is 0 Å². The van der Waals surface area contributed by atoms with Crippen LogP contribution in [0.2, 0.25) is 0 Å². The highest BCUT2D eigenvalue weighted by Gasteiger charge is 2.37. The van der Waals surface area contributed by atoms with Gasteiger partial charge in [-0.1, -0.05) is 26.7 Å². The van der Waals surface area contributed by atoms with Gasteiger partial charge in [-0.2, -0.15) is 0 Å². The number of rotatable bonds is 8. The minimum absolute atomic E-state index is 0.00458. The largest absolute Gasteiger partial charge is 0.481 e. The summed E-state index contributed by atoms with van der Waals surface area (Å²) in [5, 5.41) is 9.17. The predicted octanol–water partition coefficient (Wildman–Crippen LogP) is 2.79. The third-order valence-electron chi connectivity index (χ3n) is 5.00. The van der Waals surface area contributed by atoms with Crippen LogP contribution >= 0.6 is 0 Å². The fraction of sp³-hybridized carbons (Fsp3) is 0.824. The zero-order chi connectivity index (χ0) is 17.5. The molecule has 0 saturated heterocycles. The molecular weight excluding hydrogens is 300 g/mol. The third-order valence-corrected chi connectivity index (χ3v) is 5.00. The van der Waals surface area contributed by atoms with E-state index in [2.05, 4.69) is 0 Å². The molecule has 0 aliphatic heterocycles. The minimum atomic E-state index is -0.945. The fourth-order valence-electron chi connectivity index (χ4n) is 2.81. The number of carboxylic acid groups (broad SMARTS) is 1. The van der Waals surface area contributed by atoms with Crippen molar-refractivity contribution >= 4 is 17.9 Å². The van der Waals surface area contributed by atoms with Gasteiger partial charge in [-0.3, -0.25) is 14.4 Å². The van der Waals surface area contributed by atoms with Gasteiger partial charge in [0.25, 0.3) is 0 Å². The van der Waals surface area contributed by atoms with Gasteiger partial charge >= 0.3 is 17.9 Å². The highest BCUT2D eigenvalue weighted by Crippen LogP contribution is 2.31. The molecule has 1 N–H and O–H groups in total. The Morgan fingerprint density at radius 1 is 1.00 bits per heavy atom. The molecule has 0 aromatic rings. The van der Waals surface area contributed by atoms with E-state index in [0.717, 1.165) is 12.8 Å². The molecule has 0 heterocycles. The van der Waals surface area contributed by atoms with Crippen molar-refractivity contribution in [1.82, 2.24) is 0 Å². The zero-order valence-electron chi connectivity index (χ0n) is 14.3. The Balaban J connectivity index is 2.39. The molecule has 1 rings (SSSR count). The number of hydrogen-bond acceptors (Lipinski definition) is 5. The van der Waals surface area contributed by atoms with Crippen LogP contribution in [-0.4, -0.2) is 36.2 Å². The summed E-state index contributed by atoms with van der Waals surface area (Å²) in [6.45, 7) is 5.68. The molecule has 0 aromatic heterocycles. The smallest absolute Gasteiger partial charge is 0.311 e. The Bertz CT molecular complexity index is 427. The normalized spacial score (nSPS) is 21.5. The maximum atomic E-state index is 12.0. The van der Waals surface area contributed by atoms with Crippen molar-refractivity contribution in [2.75, 3.05) is 13.2 Å². The lowest BCUT2D eigenvalue weighted by Gasteiger charge is -2.27. The molecule has 1 saturated carbocycles. The molecule has 0 amide bonds. The van der Waals surface area contributed by atoms with E-state index in [0.29, 0.717) is 25.7 Å². The first-order valence-corrected chi connectivity index (χ1v) is 8.42. The highest BCUT2D eigenvalue weighted by atomic mass is 16.6. The van der Waals surface area contributed by atoms with Crippen molar-refractivity contribution in [3.8, 4) is 0 Å². The fourth-order valence-corrected chi connectivity index (χ4v) is 2.81. The average molecular weight is 328 g/mol. The van der Waals surface area contributed by atoms with Gasteiger partial charge in [-0.25, -0.2) is 0 Å². The van der Waals surface area contributed by atoms with Crippen molar-refractivity contribution in [3.05, 3.63) is 0 Å². The molecule has 6 nitrogen and oxygen atoms in total. The van der Waals surface area contributed by atoms with E-state index in [-0.39, 0.29) is 19.2 Å². The van der Waals surface area contributed by atoms with Gasteiger partial charge in [0.05, 0.1) is 17.3 Å². The summed E-state index contributed by atoms with van der Waals surface area (Å²) in [6, 6.07) is 0. The first kappa shape index (κ1) is 19.5. The maximum absolute atomic E-state index is 12.0. The molecule has 23 heavy (non-hydrogen) atoms. The second-order valence-electron chi connectivity index (χ2n) is 6.41. The van der Waals surface area contributed by atoms with Gasteiger partial charge in [0.15, 0.2) is 0 Å². The predicted molar refractivity (Wildman–Crippen MR) is 83.7 cm³/mol. The van der Waals surface area contributed by atoms with Gasteiger partial charge in [0.2, 0.25) is 0 Å². The molecule has 0 radical (unpaired) electrons. The van der Waals surface area contributed by atoms with E-state index in [1.807, 2.05) is 20.8 Å². The number of aliphatic carboxylic acids is 1. The summed E-state index contributed by atoms with van der Waals surface area (Å²) in [7, 11) is 0. The van der Waals surface area contributed by atoms with Crippen LogP contribution in [0.1, 0.15) is 59.3 Å². The minimum Gasteiger partial charge on any atom is -0.481 e. The standard InChI is InChI=1S/C17H28O6/c1-4-17(3,5-2)16(21)23-11-10-22-15(20)13-9-7-6-8-12(13)14(18)19/h12-13H,4-11H2,1-3H3,(H,18,19). The van der Waals surface area contributed by atoms with Crippen LogP contribution in [0.3, 0.4) is 0 Å². The Hall–Kier alpha value is -1.59. The van der Waals surface area contributed by atoms with E-state index in [9.17, 15) is 14.4 Å². The zero-order valence-corrected chi connectivity index (χ0v) is 14.3. The molecule has 132 valence electrons. The molecule has 2 unspecified atom stereocenters. The van der Waals surface area contributed by atoms with Gasteiger partial charge in [0.1, 0.15) is 13.2 Å². The molecule has 1 aliphatic carbocycles. The van der Waals surface area contributed by atoms with E-state index >= 15 is 0 Å². The Kier molecular flexibility index (Phi) is 7.52. The van der Waals surface area contributed by atoms with Crippen LogP contribution in [-0.2, 0) is 23.9 Å². The molecular formula is C17H28O6.